The molecule has 0 bridgehead atoms. The fourth-order valence-corrected chi connectivity index (χ4v) is 2.68. The van der Waals surface area contributed by atoms with Crippen LogP contribution >= 0.6 is 0 Å². The van der Waals surface area contributed by atoms with E-state index in [-0.39, 0.29) is 0 Å². The summed E-state index contributed by atoms with van der Waals surface area (Å²) in [5.74, 6) is 0.301. The second kappa shape index (κ2) is 7.95. The number of nitrogens with two attached hydrogens (primary N) is 2. The van der Waals surface area contributed by atoms with Crippen LogP contribution in [0, 0.1) is 0 Å². The Balaban J connectivity index is 1.85. The highest BCUT2D eigenvalue weighted by Gasteiger charge is 2.21. The molecule has 21 heavy (non-hydrogen) atoms. The first-order valence-corrected chi connectivity index (χ1v) is 7.64. The molecular weight excluding hydrogens is 266 g/mol. The molecule has 4 N–H and O–H groups in total. The zero-order valence-electron chi connectivity index (χ0n) is 12.5. The van der Waals surface area contributed by atoms with Crippen molar-refractivity contribution < 1.29 is 4.79 Å². The van der Waals surface area contributed by atoms with Gasteiger partial charge in [0.25, 0.3) is 5.91 Å². The van der Waals surface area contributed by atoms with Crippen molar-refractivity contribution in [1.29, 1.82) is 0 Å². The molecule has 2 heterocycles. The van der Waals surface area contributed by atoms with Crippen LogP contribution in [0.5, 0.6) is 0 Å². The Hall–Kier alpha value is -1.66. The molecule has 1 aliphatic heterocycles. The number of piperazine rings is 1. The summed E-state index contributed by atoms with van der Waals surface area (Å²) in [4.78, 5) is 20.4. The number of carbonyl (C=O) groups is 1. The topological polar surface area (TPSA) is 88.5 Å². The van der Waals surface area contributed by atoms with E-state index in [9.17, 15) is 4.79 Å². The number of rotatable bonds is 7. The first-order chi connectivity index (χ1) is 10.2. The lowest BCUT2D eigenvalue weighted by Crippen LogP contribution is -2.47. The smallest absolute Gasteiger partial charge is 0.252 e. The van der Waals surface area contributed by atoms with E-state index >= 15 is 0 Å². The molecule has 1 fully saturated rings. The minimum Gasteiger partial charge on any atom is -0.365 e. The second-order valence-electron chi connectivity index (χ2n) is 5.42. The molecule has 6 heteroatoms. The van der Waals surface area contributed by atoms with E-state index in [1.807, 2.05) is 0 Å². The summed E-state index contributed by atoms with van der Waals surface area (Å²) >= 11 is 0. The van der Waals surface area contributed by atoms with Crippen molar-refractivity contribution in [3.8, 4) is 0 Å². The third-order valence-electron chi connectivity index (χ3n) is 3.90. The number of hydrogen-bond acceptors (Lipinski definition) is 5. The van der Waals surface area contributed by atoms with Crippen molar-refractivity contribution >= 4 is 11.7 Å². The number of anilines is 1. The van der Waals surface area contributed by atoms with Gasteiger partial charge in [0.15, 0.2) is 0 Å². The minimum atomic E-state index is -0.415. The van der Waals surface area contributed by atoms with Crippen LogP contribution in [0.15, 0.2) is 18.3 Å². The summed E-state index contributed by atoms with van der Waals surface area (Å²) in [6.07, 6.45) is 5.22. The molecule has 0 saturated carbocycles. The maximum absolute atomic E-state index is 11.5. The molecule has 1 amide bonds. The monoisotopic (exact) mass is 291 g/mol. The van der Waals surface area contributed by atoms with Gasteiger partial charge in [0.2, 0.25) is 0 Å². The number of pyridine rings is 1. The summed E-state index contributed by atoms with van der Waals surface area (Å²) in [6.45, 7) is 5.67. The average Bonchev–Trinajstić information content (AvgIpc) is 2.52. The van der Waals surface area contributed by atoms with E-state index in [0.717, 1.165) is 45.7 Å². The Kier molecular flexibility index (Phi) is 5.95. The van der Waals surface area contributed by atoms with Crippen LogP contribution < -0.4 is 16.4 Å². The lowest BCUT2D eigenvalue weighted by atomic mass is 10.2. The fourth-order valence-electron chi connectivity index (χ4n) is 2.68. The van der Waals surface area contributed by atoms with Crippen LogP contribution in [0.2, 0.25) is 0 Å². The Morgan fingerprint density at radius 3 is 2.62 bits per heavy atom. The predicted molar refractivity (Wildman–Crippen MR) is 84.3 cm³/mol. The Bertz CT molecular complexity index is 457. The van der Waals surface area contributed by atoms with Crippen molar-refractivity contribution in [2.75, 3.05) is 44.2 Å². The van der Waals surface area contributed by atoms with Gasteiger partial charge in [-0.2, -0.15) is 0 Å². The molecular formula is C15H25N5O. The van der Waals surface area contributed by atoms with Crippen LogP contribution in [0.3, 0.4) is 0 Å². The van der Waals surface area contributed by atoms with E-state index < -0.39 is 5.91 Å². The van der Waals surface area contributed by atoms with Crippen LogP contribution in [0.4, 0.5) is 5.82 Å². The molecule has 1 saturated heterocycles. The van der Waals surface area contributed by atoms with Gasteiger partial charge in [-0.3, -0.25) is 9.69 Å². The number of amides is 1. The number of hydrogen-bond donors (Lipinski definition) is 2. The molecule has 0 radical (unpaired) electrons. The molecule has 0 aliphatic carbocycles. The Labute approximate surface area is 126 Å². The van der Waals surface area contributed by atoms with Crippen molar-refractivity contribution in [3.63, 3.8) is 0 Å². The standard InChI is InChI=1S/C15H25N5O/c16-6-2-1-3-8-19-9-11-20(12-10-19)15-13(14(17)21)5-4-7-18-15/h4-5,7H,1-3,6,8-12,16H2,(H2,17,21). The van der Waals surface area contributed by atoms with Gasteiger partial charge < -0.3 is 16.4 Å². The molecule has 0 unspecified atom stereocenters. The van der Waals surface area contributed by atoms with E-state index in [1.54, 1.807) is 18.3 Å². The molecule has 1 aromatic rings. The SMILES string of the molecule is NCCCCCN1CCN(c2ncccc2C(N)=O)CC1. The van der Waals surface area contributed by atoms with Gasteiger partial charge in [0, 0.05) is 32.4 Å². The van der Waals surface area contributed by atoms with Gasteiger partial charge >= 0.3 is 0 Å². The lowest BCUT2D eigenvalue weighted by molar-refractivity contribution is 0.1000. The third kappa shape index (κ3) is 4.41. The summed E-state index contributed by atoms with van der Waals surface area (Å²) in [5, 5.41) is 0. The number of aromatic nitrogens is 1. The summed E-state index contributed by atoms with van der Waals surface area (Å²) in [5.41, 5.74) is 11.4. The van der Waals surface area contributed by atoms with Gasteiger partial charge in [-0.25, -0.2) is 4.98 Å². The number of unbranched alkanes of at least 4 members (excludes halogenated alkanes) is 2. The van der Waals surface area contributed by atoms with E-state index in [2.05, 4.69) is 14.8 Å². The Morgan fingerprint density at radius 2 is 1.95 bits per heavy atom. The second-order valence-corrected chi connectivity index (χ2v) is 5.42. The average molecular weight is 291 g/mol. The molecule has 6 nitrogen and oxygen atoms in total. The molecule has 1 aliphatic rings. The van der Waals surface area contributed by atoms with Gasteiger partial charge in [0.1, 0.15) is 5.82 Å². The van der Waals surface area contributed by atoms with Gasteiger partial charge in [0.05, 0.1) is 5.56 Å². The minimum absolute atomic E-state index is 0.415. The molecule has 1 aromatic heterocycles. The molecule has 2 rings (SSSR count). The van der Waals surface area contributed by atoms with Crippen molar-refractivity contribution in [2.24, 2.45) is 11.5 Å². The van der Waals surface area contributed by atoms with E-state index in [1.165, 1.54) is 12.8 Å². The summed E-state index contributed by atoms with van der Waals surface area (Å²) in [6, 6.07) is 3.49. The molecule has 116 valence electrons. The van der Waals surface area contributed by atoms with Crippen molar-refractivity contribution in [2.45, 2.75) is 19.3 Å². The molecule has 0 spiro atoms. The quantitative estimate of drug-likeness (QED) is 0.711. The summed E-state index contributed by atoms with van der Waals surface area (Å²) < 4.78 is 0. The van der Waals surface area contributed by atoms with Crippen LogP contribution in [0.25, 0.3) is 0 Å². The van der Waals surface area contributed by atoms with Gasteiger partial charge in [-0.05, 0) is 38.1 Å². The zero-order valence-corrected chi connectivity index (χ0v) is 12.5. The number of carbonyl (C=O) groups excluding carboxylic acids is 1. The summed E-state index contributed by atoms with van der Waals surface area (Å²) in [7, 11) is 0. The largest absolute Gasteiger partial charge is 0.365 e. The lowest BCUT2D eigenvalue weighted by Gasteiger charge is -2.36. The highest BCUT2D eigenvalue weighted by molar-refractivity contribution is 5.97. The maximum Gasteiger partial charge on any atom is 0.252 e. The molecule has 0 atom stereocenters. The first-order valence-electron chi connectivity index (χ1n) is 7.64. The van der Waals surface area contributed by atoms with Crippen LogP contribution in [0.1, 0.15) is 29.6 Å². The maximum atomic E-state index is 11.5. The number of primary amides is 1. The fraction of sp³-hybridized carbons (Fsp3) is 0.600. The van der Waals surface area contributed by atoms with Crippen molar-refractivity contribution in [1.82, 2.24) is 9.88 Å². The van der Waals surface area contributed by atoms with E-state index in [4.69, 9.17) is 11.5 Å². The normalized spacial score (nSPS) is 16.1. The highest BCUT2D eigenvalue weighted by Crippen LogP contribution is 2.18. The van der Waals surface area contributed by atoms with Gasteiger partial charge in [-0.1, -0.05) is 6.42 Å². The van der Waals surface area contributed by atoms with Crippen LogP contribution in [-0.4, -0.2) is 55.1 Å². The van der Waals surface area contributed by atoms with E-state index in [0.29, 0.717) is 11.4 Å². The zero-order chi connectivity index (χ0) is 15.1. The Morgan fingerprint density at radius 1 is 1.19 bits per heavy atom. The highest BCUT2D eigenvalue weighted by atomic mass is 16.1. The first kappa shape index (κ1) is 15.7. The van der Waals surface area contributed by atoms with Gasteiger partial charge in [-0.15, -0.1) is 0 Å². The van der Waals surface area contributed by atoms with Crippen LogP contribution in [-0.2, 0) is 0 Å². The third-order valence-corrected chi connectivity index (χ3v) is 3.90. The van der Waals surface area contributed by atoms with Crippen molar-refractivity contribution in [3.05, 3.63) is 23.9 Å². The number of nitrogens with zero attached hydrogens (tertiary/aromatic N) is 3. The predicted octanol–water partition coefficient (Wildman–Crippen LogP) is 0.432. The molecule has 0 aromatic carbocycles.